The first-order valence-corrected chi connectivity index (χ1v) is 13.9. The third-order valence-electron chi connectivity index (χ3n) is 7.39. The molecule has 1 aliphatic carbocycles. The summed E-state index contributed by atoms with van der Waals surface area (Å²) < 4.78 is 11.0. The number of carbonyl (C=O) groups is 2. The van der Waals surface area contributed by atoms with Crippen LogP contribution < -0.4 is 0 Å². The van der Waals surface area contributed by atoms with E-state index in [0.717, 1.165) is 63.4 Å². The van der Waals surface area contributed by atoms with Crippen LogP contribution in [0.4, 0.5) is 0 Å². The van der Waals surface area contributed by atoms with Crippen LogP contribution in [0.5, 0.6) is 0 Å². The van der Waals surface area contributed by atoms with Crippen LogP contribution in [0.1, 0.15) is 92.4 Å². The lowest BCUT2D eigenvalue weighted by molar-refractivity contribution is -0.134. The SMILES string of the molecule is CO[C@@H](/C(=N/OCC=O)[C@H](C)CC(C)C)[C@H](O)/C(C)=C/[C@@H](C)CC[C@@H](CCC1CCC(O)CC1)OC=O. The molecule has 0 heterocycles. The van der Waals surface area contributed by atoms with Crippen molar-refractivity contribution in [3.63, 3.8) is 0 Å². The van der Waals surface area contributed by atoms with E-state index in [1.54, 1.807) is 0 Å². The number of oxime groups is 1. The average molecular weight is 526 g/mol. The zero-order valence-corrected chi connectivity index (χ0v) is 23.8. The molecule has 0 aliphatic heterocycles. The Morgan fingerprint density at radius 3 is 2.30 bits per heavy atom. The van der Waals surface area contributed by atoms with Gasteiger partial charge in [-0.1, -0.05) is 38.9 Å². The quantitative estimate of drug-likeness (QED) is 0.0814. The molecule has 2 N–H and O–H groups in total. The maximum absolute atomic E-state index is 11.2. The number of carbonyl (C=O) groups excluding carboxylic acids is 2. The van der Waals surface area contributed by atoms with Crippen molar-refractivity contribution in [1.82, 2.24) is 0 Å². The Bertz CT molecular complexity index is 700. The van der Waals surface area contributed by atoms with Gasteiger partial charge in [-0.2, -0.15) is 0 Å². The summed E-state index contributed by atoms with van der Waals surface area (Å²) in [5.74, 6) is 1.18. The first-order chi connectivity index (χ1) is 17.6. The monoisotopic (exact) mass is 525 g/mol. The molecule has 1 saturated carbocycles. The number of ether oxygens (including phenoxy) is 2. The fourth-order valence-corrected chi connectivity index (χ4v) is 5.34. The molecule has 0 aromatic heterocycles. The lowest BCUT2D eigenvalue weighted by Gasteiger charge is -2.28. The summed E-state index contributed by atoms with van der Waals surface area (Å²) in [4.78, 5) is 26.9. The number of aliphatic hydroxyl groups is 2. The third-order valence-corrected chi connectivity index (χ3v) is 7.39. The Balaban J connectivity index is 2.77. The fourth-order valence-electron chi connectivity index (χ4n) is 5.34. The summed E-state index contributed by atoms with van der Waals surface area (Å²) in [5, 5.41) is 25.0. The number of hydrogen-bond donors (Lipinski definition) is 2. The summed E-state index contributed by atoms with van der Waals surface area (Å²) in [6.07, 6.45) is 8.83. The van der Waals surface area contributed by atoms with E-state index in [9.17, 15) is 19.8 Å². The van der Waals surface area contributed by atoms with E-state index in [1.165, 1.54) is 7.11 Å². The van der Waals surface area contributed by atoms with Gasteiger partial charge in [0.25, 0.3) is 6.47 Å². The largest absolute Gasteiger partial charge is 0.465 e. The van der Waals surface area contributed by atoms with Gasteiger partial charge in [-0.15, -0.1) is 0 Å². The van der Waals surface area contributed by atoms with E-state index in [2.05, 4.69) is 25.9 Å². The molecule has 0 aromatic carbocycles. The lowest BCUT2D eigenvalue weighted by atomic mass is 9.83. The van der Waals surface area contributed by atoms with Gasteiger partial charge in [-0.3, -0.25) is 9.59 Å². The number of nitrogens with zero attached hydrogens (tertiary/aromatic N) is 1. The van der Waals surface area contributed by atoms with Gasteiger partial charge in [0.05, 0.1) is 11.8 Å². The zero-order chi connectivity index (χ0) is 27.8. The van der Waals surface area contributed by atoms with E-state index in [1.807, 2.05) is 19.9 Å². The minimum atomic E-state index is -0.913. The second-order valence-corrected chi connectivity index (χ2v) is 11.2. The number of aliphatic hydroxyl groups excluding tert-OH is 2. The van der Waals surface area contributed by atoms with Crippen LogP contribution in [0, 0.1) is 23.7 Å². The second-order valence-electron chi connectivity index (χ2n) is 11.2. The number of aldehydes is 1. The minimum absolute atomic E-state index is 0.00477. The van der Waals surface area contributed by atoms with Crippen molar-refractivity contribution in [2.45, 2.75) is 117 Å². The smallest absolute Gasteiger partial charge is 0.293 e. The molecule has 0 amide bonds. The molecule has 0 aromatic rings. The molecule has 37 heavy (non-hydrogen) atoms. The standard InChI is InChI=1S/C29H51NO7/c1-20(2)17-22(4)27(30-37-16-15-31)29(35-6)28(34)23(5)18-21(3)7-13-26(36-19-32)14-10-24-8-11-25(33)12-9-24/h15,18-22,24-26,28-29,33-34H,7-14,16-17H2,1-6H3/b23-18+,30-27+/t21-,22+,24?,25?,26-,28+,29-/m0/s1. The van der Waals surface area contributed by atoms with Crippen molar-refractivity contribution < 1.29 is 34.1 Å². The van der Waals surface area contributed by atoms with Crippen LogP contribution in [-0.2, 0) is 23.9 Å². The Morgan fingerprint density at radius 2 is 1.73 bits per heavy atom. The molecule has 5 atom stereocenters. The topological polar surface area (TPSA) is 115 Å². The van der Waals surface area contributed by atoms with E-state index in [0.29, 0.717) is 30.3 Å². The number of rotatable bonds is 19. The van der Waals surface area contributed by atoms with E-state index in [-0.39, 0.29) is 30.7 Å². The van der Waals surface area contributed by atoms with Gasteiger partial charge in [0.2, 0.25) is 0 Å². The van der Waals surface area contributed by atoms with Crippen molar-refractivity contribution >= 4 is 18.5 Å². The first kappa shape index (κ1) is 33.3. The highest BCUT2D eigenvalue weighted by Gasteiger charge is 2.31. The highest BCUT2D eigenvalue weighted by atomic mass is 16.6. The highest BCUT2D eigenvalue weighted by molar-refractivity contribution is 5.91. The third kappa shape index (κ3) is 13.0. The minimum Gasteiger partial charge on any atom is -0.465 e. The molecule has 0 unspecified atom stereocenters. The Hall–Kier alpha value is -1.77. The maximum atomic E-state index is 11.2. The van der Waals surface area contributed by atoms with Gasteiger partial charge >= 0.3 is 0 Å². The summed E-state index contributed by atoms with van der Waals surface area (Å²) in [6.45, 7) is 10.6. The lowest BCUT2D eigenvalue weighted by Crippen LogP contribution is -2.40. The van der Waals surface area contributed by atoms with Crippen molar-refractivity contribution in [1.29, 1.82) is 0 Å². The summed E-state index contributed by atoms with van der Waals surface area (Å²) >= 11 is 0. The molecular weight excluding hydrogens is 474 g/mol. The van der Waals surface area contributed by atoms with Crippen LogP contribution in [0.2, 0.25) is 0 Å². The van der Waals surface area contributed by atoms with Crippen molar-refractivity contribution in [3.05, 3.63) is 11.6 Å². The highest BCUT2D eigenvalue weighted by Crippen LogP contribution is 2.29. The first-order valence-electron chi connectivity index (χ1n) is 13.9. The van der Waals surface area contributed by atoms with Gasteiger partial charge in [0, 0.05) is 13.0 Å². The molecule has 0 spiro atoms. The van der Waals surface area contributed by atoms with Crippen LogP contribution in [0.25, 0.3) is 0 Å². The van der Waals surface area contributed by atoms with Crippen LogP contribution >= 0.6 is 0 Å². The molecule has 1 aliphatic rings. The molecule has 0 saturated heterocycles. The predicted octanol–water partition coefficient (Wildman–Crippen LogP) is 4.85. The van der Waals surface area contributed by atoms with Crippen LogP contribution in [-0.4, -0.2) is 66.8 Å². The zero-order valence-electron chi connectivity index (χ0n) is 23.8. The number of hydrogen-bond acceptors (Lipinski definition) is 8. The summed E-state index contributed by atoms with van der Waals surface area (Å²) in [5.41, 5.74) is 1.36. The predicted molar refractivity (Wildman–Crippen MR) is 145 cm³/mol. The molecule has 214 valence electrons. The van der Waals surface area contributed by atoms with Crippen molar-refractivity contribution in [2.24, 2.45) is 28.8 Å². The van der Waals surface area contributed by atoms with Gasteiger partial charge in [0.15, 0.2) is 12.9 Å². The molecule has 0 bridgehead atoms. The van der Waals surface area contributed by atoms with Crippen LogP contribution in [0.15, 0.2) is 16.8 Å². The Labute approximate surface area is 223 Å². The van der Waals surface area contributed by atoms with Crippen molar-refractivity contribution in [3.8, 4) is 0 Å². The van der Waals surface area contributed by atoms with Gasteiger partial charge < -0.3 is 24.5 Å². The normalized spacial score (nSPS) is 23.2. The average Bonchev–Trinajstić information content (AvgIpc) is 2.85. The summed E-state index contributed by atoms with van der Waals surface area (Å²) in [6, 6.07) is 0. The summed E-state index contributed by atoms with van der Waals surface area (Å²) in [7, 11) is 1.54. The molecule has 1 fully saturated rings. The fraction of sp³-hybridized carbons (Fsp3) is 0.828. The van der Waals surface area contributed by atoms with Gasteiger partial charge in [-0.25, -0.2) is 0 Å². The second kappa shape index (κ2) is 18.5. The number of methoxy groups -OCH3 is 1. The maximum Gasteiger partial charge on any atom is 0.293 e. The van der Waals surface area contributed by atoms with Gasteiger partial charge in [-0.05, 0) is 88.0 Å². The van der Waals surface area contributed by atoms with E-state index < -0.39 is 12.2 Å². The molecule has 8 heteroatoms. The van der Waals surface area contributed by atoms with Crippen LogP contribution in [0.3, 0.4) is 0 Å². The molecule has 1 rings (SSSR count). The Morgan fingerprint density at radius 1 is 1.05 bits per heavy atom. The Kier molecular flexibility index (Phi) is 16.6. The van der Waals surface area contributed by atoms with Gasteiger partial charge in [0.1, 0.15) is 18.3 Å². The van der Waals surface area contributed by atoms with Crippen molar-refractivity contribution in [2.75, 3.05) is 13.7 Å². The molecule has 0 radical (unpaired) electrons. The molecule has 8 nitrogen and oxygen atoms in total. The van der Waals surface area contributed by atoms with E-state index >= 15 is 0 Å². The number of allylic oxidation sites excluding steroid dienone is 1. The van der Waals surface area contributed by atoms with E-state index in [4.69, 9.17) is 14.3 Å². The molecular formula is C29H51NO7.